The van der Waals surface area contributed by atoms with Gasteiger partial charge in [0.15, 0.2) is 0 Å². The van der Waals surface area contributed by atoms with E-state index in [0.29, 0.717) is 29.3 Å². The van der Waals surface area contributed by atoms with E-state index in [2.05, 4.69) is 15.1 Å². The van der Waals surface area contributed by atoms with Crippen molar-refractivity contribution >= 4 is 11.6 Å². The molecular formula is C21H21ClFN3O. The van der Waals surface area contributed by atoms with Crippen molar-refractivity contribution in [3.63, 3.8) is 0 Å². The summed E-state index contributed by atoms with van der Waals surface area (Å²) in [7, 11) is 0. The molecule has 0 radical (unpaired) electrons. The van der Waals surface area contributed by atoms with E-state index in [4.69, 9.17) is 16.0 Å². The summed E-state index contributed by atoms with van der Waals surface area (Å²) in [4.78, 5) is 2.33. The second kappa shape index (κ2) is 8.19. The Labute approximate surface area is 163 Å². The van der Waals surface area contributed by atoms with Crippen LogP contribution in [0.1, 0.15) is 24.3 Å². The van der Waals surface area contributed by atoms with Crippen molar-refractivity contribution in [1.29, 1.82) is 0 Å². The number of piperidine rings is 1. The van der Waals surface area contributed by atoms with Gasteiger partial charge < -0.3 is 4.42 Å². The summed E-state index contributed by atoms with van der Waals surface area (Å²) in [5.74, 6) is 1.49. The maximum atomic E-state index is 13.3. The molecule has 1 fully saturated rings. The van der Waals surface area contributed by atoms with Crippen LogP contribution in [-0.4, -0.2) is 28.2 Å². The van der Waals surface area contributed by atoms with Gasteiger partial charge in [0.05, 0.1) is 17.1 Å². The molecule has 0 bridgehead atoms. The van der Waals surface area contributed by atoms with Crippen LogP contribution < -0.4 is 0 Å². The quantitative estimate of drug-likeness (QED) is 0.621. The van der Waals surface area contributed by atoms with Crippen molar-refractivity contribution in [2.24, 2.45) is 5.92 Å². The maximum Gasteiger partial charge on any atom is 0.249 e. The van der Waals surface area contributed by atoms with Gasteiger partial charge in [-0.1, -0.05) is 35.9 Å². The molecule has 1 aliphatic heterocycles. The number of nitrogens with zero attached hydrogens (tertiary/aromatic N) is 3. The second-order valence-electron chi connectivity index (χ2n) is 7.03. The van der Waals surface area contributed by atoms with Crippen LogP contribution in [0.4, 0.5) is 4.39 Å². The fourth-order valence-electron chi connectivity index (χ4n) is 3.60. The summed E-state index contributed by atoms with van der Waals surface area (Å²) in [5.41, 5.74) is 1.83. The molecule has 3 aromatic rings. The van der Waals surface area contributed by atoms with Crippen LogP contribution in [-0.2, 0) is 13.0 Å². The van der Waals surface area contributed by atoms with Crippen LogP contribution in [0.2, 0.25) is 5.02 Å². The molecule has 4 rings (SSSR count). The Morgan fingerprint density at radius 1 is 1.07 bits per heavy atom. The average Bonchev–Trinajstić information content (AvgIpc) is 3.12. The van der Waals surface area contributed by atoms with Crippen LogP contribution in [0.15, 0.2) is 52.9 Å². The molecule has 140 valence electrons. The highest BCUT2D eigenvalue weighted by molar-refractivity contribution is 6.33. The molecule has 2 heterocycles. The fraction of sp³-hybridized carbons (Fsp3) is 0.333. The van der Waals surface area contributed by atoms with Gasteiger partial charge in [0.25, 0.3) is 0 Å². The minimum atomic E-state index is -0.157. The van der Waals surface area contributed by atoms with Crippen molar-refractivity contribution in [3.05, 3.63) is 70.8 Å². The summed E-state index contributed by atoms with van der Waals surface area (Å²) in [6.45, 7) is 2.59. The molecule has 0 saturated carbocycles. The largest absolute Gasteiger partial charge is 0.419 e. The first-order chi connectivity index (χ1) is 13.2. The maximum absolute atomic E-state index is 13.3. The Kier molecular flexibility index (Phi) is 5.50. The van der Waals surface area contributed by atoms with Gasteiger partial charge in [-0.3, -0.25) is 4.90 Å². The zero-order chi connectivity index (χ0) is 18.6. The molecule has 0 unspecified atom stereocenters. The van der Waals surface area contributed by atoms with Gasteiger partial charge in [-0.2, -0.15) is 0 Å². The third-order valence-corrected chi connectivity index (χ3v) is 5.38. The molecule has 1 saturated heterocycles. The van der Waals surface area contributed by atoms with E-state index in [1.807, 2.05) is 30.3 Å². The summed E-state index contributed by atoms with van der Waals surface area (Å²) >= 11 is 6.19. The summed E-state index contributed by atoms with van der Waals surface area (Å²) in [5, 5.41) is 8.90. The molecule has 0 spiro atoms. The lowest BCUT2D eigenvalue weighted by molar-refractivity contribution is 0.164. The molecule has 0 amide bonds. The van der Waals surface area contributed by atoms with Crippen molar-refractivity contribution < 1.29 is 8.81 Å². The van der Waals surface area contributed by atoms with Gasteiger partial charge in [0.2, 0.25) is 11.8 Å². The lowest BCUT2D eigenvalue weighted by Gasteiger charge is -2.31. The van der Waals surface area contributed by atoms with Gasteiger partial charge in [0, 0.05) is 0 Å². The summed E-state index contributed by atoms with van der Waals surface area (Å²) < 4.78 is 19.1. The highest BCUT2D eigenvalue weighted by atomic mass is 35.5. The first kappa shape index (κ1) is 18.1. The van der Waals surface area contributed by atoms with Gasteiger partial charge >= 0.3 is 0 Å². The van der Waals surface area contributed by atoms with E-state index >= 15 is 0 Å². The van der Waals surface area contributed by atoms with Crippen molar-refractivity contribution in [2.45, 2.75) is 25.8 Å². The molecule has 1 aliphatic rings. The van der Waals surface area contributed by atoms with Crippen LogP contribution in [0.25, 0.3) is 11.5 Å². The zero-order valence-electron chi connectivity index (χ0n) is 14.9. The lowest BCUT2D eigenvalue weighted by Crippen LogP contribution is -2.34. The Morgan fingerprint density at radius 3 is 2.67 bits per heavy atom. The van der Waals surface area contributed by atoms with Crippen molar-refractivity contribution in [2.75, 3.05) is 13.1 Å². The fourth-order valence-corrected chi connectivity index (χ4v) is 3.81. The van der Waals surface area contributed by atoms with Crippen molar-refractivity contribution in [1.82, 2.24) is 15.1 Å². The predicted octanol–water partition coefficient (Wildman–Crippen LogP) is 4.98. The Bertz CT molecular complexity index is 906. The zero-order valence-corrected chi connectivity index (χ0v) is 15.7. The molecule has 27 heavy (non-hydrogen) atoms. The van der Waals surface area contributed by atoms with Gasteiger partial charge in [-0.25, -0.2) is 4.39 Å². The molecular weight excluding hydrogens is 365 g/mol. The normalized spacial score (nSPS) is 15.9. The van der Waals surface area contributed by atoms with Gasteiger partial charge in [-0.15, -0.1) is 10.2 Å². The molecule has 0 atom stereocenters. The Hall–Kier alpha value is -2.24. The van der Waals surface area contributed by atoms with Crippen LogP contribution >= 0.6 is 11.6 Å². The number of hydrogen-bond donors (Lipinski definition) is 0. The molecule has 2 aromatic carbocycles. The monoisotopic (exact) mass is 385 g/mol. The van der Waals surface area contributed by atoms with Gasteiger partial charge in [0.1, 0.15) is 5.82 Å². The minimum absolute atomic E-state index is 0.157. The van der Waals surface area contributed by atoms with E-state index in [-0.39, 0.29) is 5.82 Å². The first-order valence-electron chi connectivity index (χ1n) is 9.21. The highest BCUT2D eigenvalue weighted by Crippen LogP contribution is 2.27. The highest BCUT2D eigenvalue weighted by Gasteiger charge is 2.21. The smallest absolute Gasteiger partial charge is 0.249 e. The number of halogens is 2. The Balaban J connectivity index is 1.31. The molecule has 0 aliphatic carbocycles. The number of aromatic nitrogens is 2. The topological polar surface area (TPSA) is 42.2 Å². The standard InChI is InChI=1S/C21H21ClFN3O/c22-19-7-2-1-6-18(19)21-25-24-20(27-21)14-26-10-8-15(9-11-26)12-16-4-3-5-17(23)13-16/h1-7,13,15H,8-12,14H2. The minimum Gasteiger partial charge on any atom is -0.419 e. The lowest BCUT2D eigenvalue weighted by atomic mass is 9.90. The third-order valence-electron chi connectivity index (χ3n) is 5.05. The number of rotatable bonds is 5. The van der Waals surface area contributed by atoms with Crippen LogP contribution in [0.3, 0.4) is 0 Å². The number of likely N-dealkylation sites (tertiary alicyclic amines) is 1. The van der Waals surface area contributed by atoms with E-state index < -0.39 is 0 Å². The predicted molar refractivity (Wildman–Crippen MR) is 103 cm³/mol. The third kappa shape index (κ3) is 4.54. The SMILES string of the molecule is Fc1cccc(CC2CCN(Cc3nnc(-c4ccccc4Cl)o3)CC2)c1. The number of benzene rings is 2. The molecule has 0 N–H and O–H groups in total. The number of hydrogen-bond acceptors (Lipinski definition) is 4. The van der Waals surface area contributed by atoms with E-state index in [0.717, 1.165) is 43.5 Å². The van der Waals surface area contributed by atoms with E-state index in [1.165, 1.54) is 6.07 Å². The summed E-state index contributed by atoms with van der Waals surface area (Å²) in [6.07, 6.45) is 3.10. The van der Waals surface area contributed by atoms with E-state index in [1.54, 1.807) is 12.1 Å². The molecule has 1 aromatic heterocycles. The Morgan fingerprint density at radius 2 is 1.89 bits per heavy atom. The van der Waals surface area contributed by atoms with Crippen LogP contribution in [0.5, 0.6) is 0 Å². The second-order valence-corrected chi connectivity index (χ2v) is 7.44. The molecule has 4 nitrogen and oxygen atoms in total. The van der Waals surface area contributed by atoms with Gasteiger partial charge in [-0.05, 0) is 68.1 Å². The van der Waals surface area contributed by atoms with Crippen LogP contribution in [0, 0.1) is 11.7 Å². The summed E-state index contributed by atoms with van der Waals surface area (Å²) in [6, 6.07) is 14.4. The average molecular weight is 386 g/mol. The molecule has 6 heteroatoms. The van der Waals surface area contributed by atoms with E-state index in [9.17, 15) is 4.39 Å². The first-order valence-corrected chi connectivity index (χ1v) is 9.59. The van der Waals surface area contributed by atoms with Crippen molar-refractivity contribution in [3.8, 4) is 11.5 Å².